The Morgan fingerprint density at radius 3 is 2.18 bits per heavy atom. The molecule has 0 amide bonds. The van der Waals surface area contributed by atoms with E-state index in [1.807, 2.05) is 13.8 Å². The lowest BCUT2D eigenvalue weighted by molar-refractivity contribution is -0.137. The molecule has 1 saturated heterocycles. The summed E-state index contributed by atoms with van der Waals surface area (Å²) >= 11 is 0. The summed E-state index contributed by atoms with van der Waals surface area (Å²) in [5, 5.41) is 10.0. The van der Waals surface area contributed by atoms with Gasteiger partial charge in [0.15, 0.2) is 0 Å². The Labute approximate surface area is 101 Å². The fraction of sp³-hybridized carbons (Fsp3) is 1.00. The summed E-state index contributed by atoms with van der Waals surface area (Å²) in [4.78, 5) is 2.17. The summed E-state index contributed by atoms with van der Waals surface area (Å²) in [5.74, 6) is 0. The van der Waals surface area contributed by atoms with Gasteiger partial charge in [-0.05, 0) is 52.6 Å². The van der Waals surface area contributed by atoms with Crippen molar-refractivity contribution in [2.45, 2.75) is 63.8 Å². The average molecular weight is 253 g/mol. The summed E-state index contributed by atoms with van der Waals surface area (Å²) in [7, 11) is 0. The zero-order valence-electron chi connectivity index (χ0n) is 10.6. The highest BCUT2D eigenvalue weighted by Gasteiger charge is 2.36. The van der Waals surface area contributed by atoms with Crippen molar-refractivity contribution in [3.63, 3.8) is 0 Å². The Morgan fingerprint density at radius 2 is 1.71 bits per heavy atom. The molecule has 0 bridgehead atoms. The third kappa shape index (κ3) is 4.47. The molecule has 1 atom stereocenters. The second-order valence-electron chi connectivity index (χ2n) is 5.37. The van der Waals surface area contributed by atoms with Gasteiger partial charge in [-0.2, -0.15) is 13.2 Å². The second-order valence-corrected chi connectivity index (χ2v) is 5.37. The normalized spacial score (nSPS) is 20.8. The molecule has 1 rings (SSSR count). The summed E-state index contributed by atoms with van der Waals surface area (Å²) in [6.45, 7) is 5.69. The van der Waals surface area contributed by atoms with Crippen LogP contribution >= 0.6 is 0 Å². The van der Waals surface area contributed by atoms with Crippen LogP contribution < -0.4 is 0 Å². The molecular weight excluding hydrogens is 231 g/mol. The van der Waals surface area contributed by atoms with Gasteiger partial charge >= 0.3 is 6.18 Å². The third-order valence-corrected chi connectivity index (χ3v) is 3.67. The maximum absolute atomic E-state index is 12.0. The number of nitrogens with zero attached hydrogens (tertiary/aromatic N) is 1. The fourth-order valence-corrected chi connectivity index (χ4v) is 2.35. The minimum absolute atomic E-state index is 0.00192. The van der Waals surface area contributed by atoms with E-state index in [1.165, 1.54) is 0 Å². The topological polar surface area (TPSA) is 23.5 Å². The van der Waals surface area contributed by atoms with Crippen molar-refractivity contribution in [1.82, 2.24) is 4.90 Å². The van der Waals surface area contributed by atoms with E-state index in [-0.39, 0.29) is 12.8 Å². The van der Waals surface area contributed by atoms with Gasteiger partial charge in [0.25, 0.3) is 0 Å². The summed E-state index contributed by atoms with van der Waals surface area (Å²) in [5.41, 5.74) is -0.415. The lowest BCUT2D eigenvalue weighted by Gasteiger charge is -2.39. The molecule has 1 aliphatic rings. The lowest BCUT2D eigenvalue weighted by Crippen LogP contribution is -2.51. The van der Waals surface area contributed by atoms with E-state index in [0.29, 0.717) is 0 Å². The van der Waals surface area contributed by atoms with Crippen molar-refractivity contribution < 1.29 is 18.3 Å². The molecule has 102 valence electrons. The van der Waals surface area contributed by atoms with Gasteiger partial charge in [-0.3, -0.25) is 4.90 Å². The van der Waals surface area contributed by atoms with Gasteiger partial charge in [-0.25, -0.2) is 0 Å². The first-order valence-electron chi connectivity index (χ1n) is 6.23. The Balaban J connectivity index is 2.37. The highest BCUT2D eigenvalue weighted by molar-refractivity contribution is 4.90. The average Bonchev–Trinajstić information content (AvgIpc) is 2.68. The molecule has 1 N–H and O–H groups in total. The van der Waals surface area contributed by atoms with Crippen LogP contribution in [-0.4, -0.2) is 40.9 Å². The monoisotopic (exact) mass is 253 g/mol. The molecule has 1 unspecified atom stereocenters. The second kappa shape index (κ2) is 5.57. The largest absolute Gasteiger partial charge is 0.391 e. The molecule has 0 aromatic carbocycles. The number of aliphatic hydroxyl groups is 1. The van der Waals surface area contributed by atoms with Crippen LogP contribution in [0.5, 0.6) is 0 Å². The molecule has 0 aromatic heterocycles. The van der Waals surface area contributed by atoms with E-state index >= 15 is 0 Å². The molecule has 0 aromatic rings. The van der Waals surface area contributed by atoms with Crippen LogP contribution in [0.2, 0.25) is 0 Å². The molecule has 5 heteroatoms. The van der Waals surface area contributed by atoms with E-state index in [4.69, 9.17) is 0 Å². The molecule has 2 nitrogen and oxygen atoms in total. The molecule has 0 saturated carbocycles. The molecule has 0 radical (unpaired) electrons. The van der Waals surface area contributed by atoms with Crippen molar-refractivity contribution in [1.29, 1.82) is 0 Å². The predicted octanol–water partition coefficient (Wildman–Crippen LogP) is 2.95. The van der Waals surface area contributed by atoms with Crippen LogP contribution in [0.25, 0.3) is 0 Å². The highest BCUT2D eigenvalue weighted by Crippen LogP contribution is 2.29. The van der Waals surface area contributed by atoms with Crippen LogP contribution in [0.15, 0.2) is 0 Å². The van der Waals surface area contributed by atoms with E-state index in [1.54, 1.807) is 0 Å². The van der Waals surface area contributed by atoms with Crippen molar-refractivity contribution in [2.24, 2.45) is 0 Å². The smallest absolute Gasteiger partial charge is 0.389 e. The third-order valence-electron chi connectivity index (χ3n) is 3.67. The van der Waals surface area contributed by atoms with Gasteiger partial charge in [0.2, 0.25) is 0 Å². The number of hydrogen-bond donors (Lipinski definition) is 1. The van der Waals surface area contributed by atoms with Gasteiger partial charge in [0, 0.05) is 12.0 Å². The van der Waals surface area contributed by atoms with Gasteiger partial charge in [0.05, 0.1) is 6.10 Å². The van der Waals surface area contributed by atoms with E-state index in [2.05, 4.69) is 4.90 Å². The number of alkyl halides is 3. The summed E-state index contributed by atoms with van der Waals surface area (Å²) in [6.07, 6.45) is -3.18. The van der Waals surface area contributed by atoms with Gasteiger partial charge in [-0.1, -0.05) is 0 Å². The van der Waals surface area contributed by atoms with Crippen molar-refractivity contribution in [3.05, 3.63) is 0 Å². The molecule has 0 spiro atoms. The van der Waals surface area contributed by atoms with Crippen LogP contribution in [0, 0.1) is 0 Å². The minimum atomic E-state index is -4.11. The molecule has 1 fully saturated rings. The first kappa shape index (κ1) is 14.8. The van der Waals surface area contributed by atoms with Gasteiger partial charge in [0.1, 0.15) is 0 Å². The number of hydrogen-bond acceptors (Lipinski definition) is 2. The number of rotatable bonds is 5. The van der Waals surface area contributed by atoms with E-state index in [0.717, 1.165) is 25.9 Å². The first-order chi connectivity index (χ1) is 7.73. The maximum atomic E-state index is 12.0. The molecule has 1 aliphatic heterocycles. The zero-order chi connectivity index (χ0) is 13.1. The highest BCUT2D eigenvalue weighted by atomic mass is 19.4. The maximum Gasteiger partial charge on any atom is 0.389 e. The molecule has 17 heavy (non-hydrogen) atoms. The Kier molecular flexibility index (Phi) is 4.84. The van der Waals surface area contributed by atoms with Crippen LogP contribution in [0.1, 0.15) is 46.0 Å². The molecule has 1 heterocycles. The van der Waals surface area contributed by atoms with Crippen molar-refractivity contribution >= 4 is 0 Å². The number of halogens is 3. The standard InChI is InChI=1S/C12H22F3NO/c1-11(2,16-8-3-4-9-16)10(17)6-5-7-12(13,14)15/h10,17H,3-9H2,1-2H3. The predicted molar refractivity (Wildman–Crippen MR) is 60.8 cm³/mol. The number of aliphatic hydroxyl groups excluding tert-OH is 1. The van der Waals surface area contributed by atoms with Gasteiger partial charge < -0.3 is 5.11 Å². The molecular formula is C12H22F3NO. The SMILES string of the molecule is CC(C)(C(O)CCCC(F)(F)F)N1CCCC1. The summed E-state index contributed by atoms with van der Waals surface area (Å²) < 4.78 is 36.0. The Morgan fingerprint density at radius 1 is 1.18 bits per heavy atom. The van der Waals surface area contributed by atoms with E-state index < -0.39 is 24.2 Å². The zero-order valence-corrected chi connectivity index (χ0v) is 10.6. The molecule has 0 aliphatic carbocycles. The lowest BCUT2D eigenvalue weighted by atomic mass is 9.91. The quantitative estimate of drug-likeness (QED) is 0.814. The van der Waals surface area contributed by atoms with E-state index in [9.17, 15) is 18.3 Å². The Bertz CT molecular complexity index is 234. The number of likely N-dealkylation sites (tertiary alicyclic amines) is 1. The van der Waals surface area contributed by atoms with Crippen LogP contribution in [-0.2, 0) is 0 Å². The van der Waals surface area contributed by atoms with Crippen molar-refractivity contribution in [2.75, 3.05) is 13.1 Å². The van der Waals surface area contributed by atoms with Gasteiger partial charge in [-0.15, -0.1) is 0 Å². The Hall–Kier alpha value is -0.290. The van der Waals surface area contributed by atoms with Crippen molar-refractivity contribution in [3.8, 4) is 0 Å². The summed E-state index contributed by atoms with van der Waals surface area (Å²) in [6, 6.07) is 0. The van der Waals surface area contributed by atoms with Crippen LogP contribution in [0.4, 0.5) is 13.2 Å². The first-order valence-corrected chi connectivity index (χ1v) is 6.23. The fourth-order valence-electron chi connectivity index (χ4n) is 2.35. The van der Waals surface area contributed by atoms with Crippen LogP contribution in [0.3, 0.4) is 0 Å². The minimum Gasteiger partial charge on any atom is -0.391 e.